The monoisotopic (exact) mass is 246 g/mol. The highest BCUT2D eigenvalue weighted by Crippen LogP contribution is 2.20. The maximum atomic E-state index is 13.6. The molecule has 0 saturated heterocycles. The van der Waals surface area contributed by atoms with Crippen LogP contribution in [0.1, 0.15) is 18.0 Å². The van der Waals surface area contributed by atoms with Crippen LogP contribution in [0.25, 0.3) is 0 Å². The van der Waals surface area contributed by atoms with E-state index in [4.69, 9.17) is 22.4 Å². The van der Waals surface area contributed by atoms with Crippen molar-refractivity contribution in [3.05, 3.63) is 34.6 Å². The molecule has 0 bridgehead atoms. The Kier molecular flexibility index (Phi) is 5.69. The smallest absolute Gasteiger partial charge is 0.129 e. The fourth-order valence-corrected chi connectivity index (χ4v) is 1.62. The molecule has 0 saturated carbocycles. The quantitative estimate of drug-likeness (QED) is 0.666. The van der Waals surface area contributed by atoms with Gasteiger partial charge in [-0.15, -0.1) is 0 Å². The molecule has 0 aromatic heterocycles. The number of rotatable bonds is 6. The van der Waals surface area contributed by atoms with Crippen molar-refractivity contribution < 1.29 is 9.50 Å². The van der Waals surface area contributed by atoms with E-state index in [2.05, 4.69) is 5.32 Å². The lowest BCUT2D eigenvalue weighted by Crippen LogP contribution is -2.30. The average molecular weight is 247 g/mol. The third kappa shape index (κ3) is 3.72. The molecule has 0 aliphatic heterocycles. The van der Waals surface area contributed by atoms with Crippen LogP contribution in [0.5, 0.6) is 0 Å². The van der Waals surface area contributed by atoms with Crippen molar-refractivity contribution in [2.45, 2.75) is 12.5 Å². The van der Waals surface area contributed by atoms with E-state index in [1.54, 1.807) is 12.1 Å². The molecule has 0 heterocycles. The van der Waals surface area contributed by atoms with Crippen LogP contribution in [0, 0.1) is 5.82 Å². The van der Waals surface area contributed by atoms with Gasteiger partial charge in [-0.3, -0.25) is 0 Å². The molecule has 1 atom stereocenters. The minimum absolute atomic E-state index is 0.105. The van der Waals surface area contributed by atoms with Crippen molar-refractivity contribution in [2.24, 2.45) is 5.73 Å². The van der Waals surface area contributed by atoms with Gasteiger partial charge in [0, 0.05) is 29.8 Å². The molecule has 1 rings (SSSR count). The standard InChI is InChI=1S/C11H16ClFN2O/c12-8-2-3-9(10(13)6-8)11(7-14)15-4-1-5-16/h2-3,6,11,15-16H,1,4-5,7,14H2. The Morgan fingerprint density at radius 2 is 2.25 bits per heavy atom. The van der Waals surface area contributed by atoms with Gasteiger partial charge in [-0.25, -0.2) is 4.39 Å². The lowest BCUT2D eigenvalue weighted by atomic mass is 10.1. The summed E-state index contributed by atoms with van der Waals surface area (Å²) < 4.78 is 13.6. The molecule has 0 spiro atoms. The Labute approximate surface area is 99.4 Å². The average Bonchev–Trinajstić information content (AvgIpc) is 2.26. The summed E-state index contributed by atoms with van der Waals surface area (Å²) in [4.78, 5) is 0. The summed E-state index contributed by atoms with van der Waals surface area (Å²) in [6.07, 6.45) is 0.617. The van der Waals surface area contributed by atoms with Crippen LogP contribution in [0.4, 0.5) is 4.39 Å². The minimum Gasteiger partial charge on any atom is -0.396 e. The Hall–Kier alpha value is -0.680. The van der Waals surface area contributed by atoms with Crippen molar-refractivity contribution >= 4 is 11.6 Å². The Morgan fingerprint density at radius 1 is 1.50 bits per heavy atom. The minimum atomic E-state index is -0.362. The van der Waals surface area contributed by atoms with Crippen molar-refractivity contribution in [1.29, 1.82) is 0 Å². The van der Waals surface area contributed by atoms with Gasteiger partial charge in [0.05, 0.1) is 0 Å². The highest BCUT2D eigenvalue weighted by atomic mass is 35.5. The van der Waals surface area contributed by atoms with Crippen LogP contribution in [-0.4, -0.2) is 24.8 Å². The van der Waals surface area contributed by atoms with Gasteiger partial charge < -0.3 is 16.2 Å². The molecular formula is C11H16ClFN2O. The van der Waals surface area contributed by atoms with E-state index in [0.29, 0.717) is 30.1 Å². The summed E-state index contributed by atoms with van der Waals surface area (Å²) in [7, 11) is 0. The fraction of sp³-hybridized carbons (Fsp3) is 0.455. The number of nitrogens with two attached hydrogens (primary N) is 1. The lowest BCUT2D eigenvalue weighted by molar-refractivity contribution is 0.283. The summed E-state index contributed by atoms with van der Waals surface area (Å²) in [6.45, 7) is 0.998. The van der Waals surface area contributed by atoms with Crippen LogP contribution in [0.15, 0.2) is 18.2 Å². The molecule has 5 heteroatoms. The van der Waals surface area contributed by atoms with Gasteiger partial charge in [-0.1, -0.05) is 17.7 Å². The van der Waals surface area contributed by atoms with Crippen LogP contribution in [0.2, 0.25) is 5.02 Å². The zero-order valence-electron chi connectivity index (χ0n) is 8.92. The summed E-state index contributed by atoms with van der Waals surface area (Å²) in [5.41, 5.74) is 6.07. The second kappa shape index (κ2) is 6.81. The van der Waals surface area contributed by atoms with Gasteiger partial charge in [0.2, 0.25) is 0 Å². The number of nitrogens with one attached hydrogen (secondary N) is 1. The lowest BCUT2D eigenvalue weighted by Gasteiger charge is -2.17. The molecule has 0 radical (unpaired) electrons. The molecule has 1 aromatic rings. The van der Waals surface area contributed by atoms with Crippen molar-refractivity contribution in [2.75, 3.05) is 19.7 Å². The van der Waals surface area contributed by atoms with Crippen LogP contribution >= 0.6 is 11.6 Å². The van der Waals surface area contributed by atoms with E-state index in [0.717, 1.165) is 0 Å². The highest BCUT2D eigenvalue weighted by Gasteiger charge is 2.13. The van der Waals surface area contributed by atoms with Gasteiger partial charge >= 0.3 is 0 Å². The van der Waals surface area contributed by atoms with Gasteiger partial charge in [0.1, 0.15) is 5.82 Å². The molecule has 16 heavy (non-hydrogen) atoms. The van der Waals surface area contributed by atoms with Crippen molar-refractivity contribution in [1.82, 2.24) is 5.32 Å². The summed E-state index contributed by atoms with van der Waals surface area (Å²) in [5.74, 6) is -0.362. The highest BCUT2D eigenvalue weighted by molar-refractivity contribution is 6.30. The largest absolute Gasteiger partial charge is 0.396 e. The molecule has 0 fully saturated rings. The Morgan fingerprint density at radius 3 is 2.81 bits per heavy atom. The number of aliphatic hydroxyl groups excluding tert-OH is 1. The van der Waals surface area contributed by atoms with Gasteiger partial charge in [0.25, 0.3) is 0 Å². The topological polar surface area (TPSA) is 58.3 Å². The maximum Gasteiger partial charge on any atom is 0.129 e. The number of halogens is 2. The molecule has 3 nitrogen and oxygen atoms in total. The van der Waals surface area contributed by atoms with Gasteiger partial charge in [-0.2, -0.15) is 0 Å². The Bertz CT molecular complexity index is 336. The van der Waals surface area contributed by atoms with Gasteiger partial charge in [-0.05, 0) is 25.1 Å². The number of hydrogen-bond donors (Lipinski definition) is 3. The van der Waals surface area contributed by atoms with E-state index >= 15 is 0 Å². The molecule has 1 unspecified atom stereocenters. The van der Waals surface area contributed by atoms with E-state index < -0.39 is 0 Å². The predicted octanol–water partition coefficient (Wildman–Crippen LogP) is 1.45. The third-order valence-electron chi connectivity index (χ3n) is 2.30. The summed E-state index contributed by atoms with van der Waals surface area (Å²) in [5, 5.41) is 12.1. The number of benzene rings is 1. The zero-order valence-corrected chi connectivity index (χ0v) is 9.67. The Balaban J connectivity index is 2.70. The van der Waals surface area contributed by atoms with E-state index in [-0.39, 0.29) is 18.5 Å². The maximum absolute atomic E-state index is 13.6. The predicted molar refractivity (Wildman–Crippen MR) is 62.9 cm³/mol. The molecule has 4 N–H and O–H groups in total. The van der Waals surface area contributed by atoms with Crippen molar-refractivity contribution in [3.8, 4) is 0 Å². The van der Waals surface area contributed by atoms with Gasteiger partial charge in [0.15, 0.2) is 0 Å². The summed E-state index contributed by atoms with van der Waals surface area (Å²) in [6, 6.07) is 4.29. The normalized spacial score (nSPS) is 12.8. The van der Waals surface area contributed by atoms with Crippen LogP contribution < -0.4 is 11.1 Å². The third-order valence-corrected chi connectivity index (χ3v) is 2.53. The molecule has 90 valence electrons. The second-order valence-electron chi connectivity index (χ2n) is 3.49. The fourth-order valence-electron chi connectivity index (χ4n) is 1.46. The first kappa shape index (κ1) is 13.4. The molecule has 0 amide bonds. The summed E-state index contributed by atoms with van der Waals surface area (Å²) >= 11 is 5.67. The first-order valence-corrected chi connectivity index (χ1v) is 5.56. The number of aliphatic hydroxyl groups is 1. The van der Waals surface area contributed by atoms with E-state index in [9.17, 15) is 4.39 Å². The second-order valence-corrected chi connectivity index (χ2v) is 3.92. The van der Waals surface area contributed by atoms with Crippen LogP contribution in [0.3, 0.4) is 0 Å². The molecular weight excluding hydrogens is 231 g/mol. The number of hydrogen-bond acceptors (Lipinski definition) is 3. The van der Waals surface area contributed by atoms with Crippen molar-refractivity contribution in [3.63, 3.8) is 0 Å². The molecule has 1 aromatic carbocycles. The van der Waals surface area contributed by atoms with E-state index in [1.165, 1.54) is 6.07 Å². The SMILES string of the molecule is NCC(NCCCO)c1ccc(Cl)cc1F. The van der Waals surface area contributed by atoms with Crippen LogP contribution in [-0.2, 0) is 0 Å². The van der Waals surface area contributed by atoms with E-state index in [1.807, 2.05) is 0 Å². The zero-order chi connectivity index (χ0) is 12.0. The first-order chi connectivity index (χ1) is 7.69. The molecule has 0 aliphatic carbocycles. The molecule has 0 aliphatic rings. The first-order valence-electron chi connectivity index (χ1n) is 5.18.